The minimum absolute atomic E-state index is 0.0820. The predicted molar refractivity (Wildman–Crippen MR) is 81.3 cm³/mol. The SMILES string of the molecule is CC(C)c1cccc(N(C)C(=O)NCC2CCCO2)c1. The molecule has 1 unspecified atom stereocenters. The van der Waals surface area contributed by atoms with Gasteiger partial charge in [0.15, 0.2) is 0 Å². The van der Waals surface area contributed by atoms with Crippen molar-refractivity contribution in [2.24, 2.45) is 0 Å². The van der Waals surface area contributed by atoms with Crippen molar-refractivity contribution in [2.75, 3.05) is 25.1 Å². The Morgan fingerprint density at radius 1 is 1.50 bits per heavy atom. The first-order chi connectivity index (χ1) is 9.58. The van der Waals surface area contributed by atoms with E-state index in [0.717, 1.165) is 25.1 Å². The number of ether oxygens (including phenoxy) is 1. The Bertz CT molecular complexity index is 454. The number of carbonyl (C=O) groups is 1. The maximum absolute atomic E-state index is 12.1. The van der Waals surface area contributed by atoms with E-state index in [0.29, 0.717) is 12.5 Å². The van der Waals surface area contributed by atoms with E-state index >= 15 is 0 Å². The summed E-state index contributed by atoms with van der Waals surface area (Å²) < 4.78 is 5.51. The fourth-order valence-electron chi connectivity index (χ4n) is 2.33. The summed E-state index contributed by atoms with van der Waals surface area (Å²) in [7, 11) is 1.80. The molecule has 2 amide bonds. The van der Waals surface area contributed by atoms with E-state index in [9.17, 15) is 4.79 Å². The third-order valence-electron chi connectivity index (χ3n) is 3.73. The molecular weight excluding hydrogens is 252 g/mol. The average Bonchev–Trinajstić information content (AvgIpc) is 2.97. The van der Waals surface area contributed by atoms with E-state index in [4.69, 9.17) is 4.74 Å². The van der Waals surface area contributed by atoms with Gasteiger partial charge in [-0.3, -0.25) is 4.90 Å². The van der Waals surface area contributed by atoms with Gasteiger partial charge in [0.05, 0.1) is 6.10 Å². The number of carbonyl (C=O) groups excluding carboxylic acids is 1. The van der Waals surface area contributed by atoms with Gasteiger partial charge in [0, 0.05) is 25.9 Å². The maximum Gasteiger partial charge on any atom is 0.321 e. The van der Waals surface area contributed by atoms with Crippen molar-refractivity contribution in [3.05, 3.63) is 29.8 Å². The summed E-state index contributed by atoms with van der Waals surface area (Å²) >= 11 is 0. The van der Waals surface area contributed by atoms with Crippen molar-refractivity contribution >= 4 is 11.7 Å². The molecule has 1 atom stereocenters. The highest BCUT2D eigenvalue weighted by Crippen LogP contribution is 2.21. The van der Waals surface area contributed by atoms with Gasteiger partial charge in [-0.2, -0.15) is 0 Å². The Hall–Kier alpha value is -1.55. The summed E-state index contributed by atoms with van der Waals surface area (Å²) in [5.74, 6) is 0.457. The molecule has 2 rings (SSSR count). The molecule has 1 fully saturated rings. The van der Waals surface area contributed by atoms with Crippen molar-refractivity contribution in [1.82, 2.24) is 5.32 Å². The Labute approximate surface area is 121 Å². The number of urea groups is 1. The first kappa shape index (κ1) is 14.9. The summed E-state index contributed by atoms with van der Waals surface area (Å²) in [4.78, 5) is 13.8. The molecule has 1 aliphatic rings. The molecular formula is C16H24N2O2. The van der Waals surface area contributed by atoms with Gasteiger partial charge in [0.25, 0.3) is 0 Å². The normalized spacial score (nSPS) is 18.3. The summed E-state index contributed by atoms with van der Waals surface area (Å²) in [6.45, 7) is 5.70. The van der Waals surface area contributed by atoms with E-state index in [1.54, 1.807) is 11.9 Å². The molecule has 110 valence electrons. The van der Waals surface area contributed by atoms with Crippen molar-refractivity contribution in [3.63, 3.8) is 0 Å². The standard InChI is InChI=1S/C16H24N2O2/c1-12(2)13-6-4-7-14(10-13)18(3)16(19)17-11-15-8-5-9-20-15/h4,6-7,10,12,15H,5,8-9,11H2,1-3H3,(H,17,19). The molecule has 1 aromatic rings. The first-order valence-corrected chi connectivity index (χ1v) is 7.31. The third kappa shape index (κ3) is 3.73. The molecule has 20 heavy (non-hydrogen) atoms. The second kappa shape index (κ2) is 6.75. The van der Waals surface area contributed by atoms with Gasteiger partial charge >= 0.3 is 6.03 Å². The molecule has 1 aromatic carbocycles. The highest BCUT2D eigenvalue weighted by atomic mass is 16.5. The third-order valence-corrected chi connectivity index (χ3v) is 3.73. The fourth-order valence-corrected chi connectivity index (χ4v) is 2.33. The smallest absolute Gasteiger partial charge is 0.321 e. The number of benzene rings is 1. The summed E-state index contributed by atoms with van der Waals surface area (Å²) in [6, 6.07) is 8.02. The second-order valence-electron chi connectivity index (χ2n) is 5.63. The molecule has 0 radical (unpaired) electrons. The number of rotatable bonds is 4. The monoisotopic (exact) mass is 276 g/mol. The number of amides is 2. The molecule has 0 bridgehead atoms. The zero-order valence-corrected chi connectivity index (χ0v) is 12.6. The highest BCUT2D eigenvalue weighted by molar-refractivity contribution is 5.91. The van der Waals surface area contributed by atoms with E-state index < -0.39 is 0 Å². The van der Waals surface area contributed by atoms with E-state index in [1.165, 1.54) is 5.56 Å². The van der Waals surface area contributed by atoms with Crippen LogP contribution in [0.4, 0.5) is 10.5 Å². The van der Waals surface area contributed by atoms with E-state index in [2.05, 4.69) is 31.3 Å². The molecule has 1 aliphatic heterocycles. The van der Waals surface area contributed by atoms with Crippen LogP contribution in [0.25, 0.3) is 0 Å². The van der Waals surface area contributed by atoms with Crippen LogP contribution in [0.2, 0.25) is 0 Å². The lowest BCUT2D eigenvalue weighted by atomic mass is 10.0. The summed E-state index contributed by atoms with van der Waals surface area (Å²) in [5, 5.41) is 2.93. The van der Waals surface area contributed by atoms with Crippen molar-refractivity contribution in [1.29, 1.82) is 0 Å². The minimum Gasteiger partial charge on any atom is -0.376 e. The Balaban J connectivity index is 1.93. The molecule has 1 N–H and O–H groups in total. The van der Waals surface area contributed by atoms with Crippen molar-refractivity contribution in [2.45, 2.75) is 38.7 Å². The fraction of sp³-hybridized carbons (Fsp3) is 0.562. The Morgan fingerprint density at radius 2 is 2.30 bits per heavy atom. The largest absolute Gasteiger partial charge is 0.376 e. The van der Waals surface area contributed by atoms with E-state index in [-0.39, 0.29) is 12.1 Å². The van der Waals surface area contributed by atoms with Crippen LogP contribution in [0.1, 0.15) is 38.2 Å². The van der Waals surface area contributed by atoms with Gasteiger partial charge in [-0.25, -0.2) is 4.79 Å². The van der Waals surface area contributed by atoms with Gasteiger partial charge in [-0.1, -0.05) is 26.0 Å². The number of nitrogens with zero attached hydrogens (tertiary/aromatic N) is 1. The van der Waals surface area contributed by atoms with Crippen molar-refractivity contribution in [3.8, 4) is 0 Å². The number of nitrogens with one attached hydrogen (secondary N) is 1. The number of hydrogen-bond acceptors (Lipinski definition) is 2. The van der Waals surface area contributed by atoms with E-state index in [1.807, 2.05) is 12.1 Å². The topological polar surface area (TPSA) is 41.6 Å². The minimum atomic E-state index is -0.0820. The van der Waals surface area contributed by atoms with Crippen LogP contribution in [0, 0.1) is 0 Å². The van der Waals surface area contributed by atoms with Crippen LogP contribution in [0.15, 0.2) is 24.3 Å². The Morgan fingerprint density at radius 3 is 2.95 bits per heavy atom. The highest BCUT2D eigenvalue weighted by Gasteiger charge is 2.18. The maximum atomic E-state index is 12.1. The lowest BCUT2D eigenvalue weighted by Gasteiger charge is -2.20. The lowest BCUT2D eigenvalue weighted by molar-refractivity contribution is 0.111. The molecule has 4 nitrogen and oxygen atoms in total. The second-order valence-corrected chi connectivity index (χ2v) is 5.63. The average molecular weight is 276 g/mol. The van der Waals surface area contributed by atoms with Crippen LogP contribution in [-0.2, 0) is 4.74 Å². The molecule has 1 saturated heterocycles. The van der Waals surface area contributed by atoms with Crippen LogP contribution in [-0.4, -0.2) is 32.3 Å². The lowest BCUT2D eigenvalue weighted by Crippen LogP contribution is -2.40. The number of anilines is 1. The number of hydrogen-bond donors (Lipinski definition) is 1. The molecule has 1 heterocycles. The van der Waals surface area contributed by atoms with Crippen LogP contribution in [0.5, 0.6) is 0 Å². The van der Waals surface area contributed by atoms with Gasteiger partial charge in [0.1, 0.15) is 0 Å². The first-order valence-electron chi connectivity index (χ1n) is 7.31. The summed E-state index contributed by atoms with van der Waals surface area (Å²) in [5.41, 5.74) is 2.15. The molecule has 0 spiro atoms. The molecule has 4 heteroatoms. The van der Waals surface area contributed by atoms with Crippen molar-refractivity contribution < 1.29 is 9.53 Å². The molecule has 0 saturated carbocycles. The quantitative estimate of drug-likeness (QED) is 0.918. The molecule has 0 aliphatic carbocycles. The summed E-state index contributed by atoms with van der Waals surface area (Å²) in [6.07, 6.45) is 2.30. The van der Waals surface area contributed by atoms with Gasteiger partial charge < -0.3 is 10.1 Å². The van der Waals surface area contributed by atoms with Crippen LogP contribution in [0.3, 0.4) is 0 Å². The molecule has 0 aromatic heterocycles. The zero-order valence-electron chi connectivity index (χ0n) is 12.6. The zero-order chi connectivity index (χ0) is 14.5. The predicted octanol–water partition coefficient (Wildman–Crippen LogP) is 3.13. The van der Waals surface area contributed by atoms with Gasteiger partial charge in [-0.05, 0) is 36.5 Å². The Kier molecular flexibility index (Phi) is 5.01. The van der Waals surface area contributed by atoms with Crippen LogP contribution >= 0.6 is 0 Å². The van der Waals surface area contributed by atoms with Gasteiger partial charge in [0.2, 0.25) is 0 Å². The van der Waals surface area contributed by atoms with Gasteiger partial charge in [-0.15, -0.1) is 0 Å². The van der Waals surface area contributed by atoms with Crippen LogP contribution < -0.4 is 10.2 Å².